The van der Waals surface area contributed by atoms with Crippen molar-refractivity contribution in [3.63, 3.8) is 0 Å². The second-order valence-corrected chi connectivity index (χ2v) is 7.85. The van der Waals surface area contributed by atoms with Crippen LogP contribution in [0.1, 0.15) is 10.4 Å². The van der Waals surface area contributed by atoms with Crippen LogP contribution in [0.5, 0.6) is 0 Å². The van der Waals surface area contributed by atoms with Crippen molar-refractivity contribution in [3.05, 3.63) is 101 Å². The van der Waals surface area contributed by atoms with Gasteiger partial charge in [-0.1, -0.05) is 47.5 Å². The van der Waals surface area contributed by atoms with Crippen molar-refractivity contribution >= 4 is 45.6 Å². The summed E-state index contributed by atoms with van der Waals surface area (Å²) in [7, 11) is 0. The van der Waals surface area contributed by atoms with Crippen molar-refractivity contribution in [1.82, 2.24) is 19.7 Å². The summed E-state index contributed by atoms with van der Waals surface area (Å²) < 4.78 is 1.57. The first-order valence-electron chi connectivity index (χ1n) is 9.70. The molecule has 0 spiro atoms. The molecule has 0 aliphatic rings. The molecular weight excluding hydrogens is 445 g/mol. The smallest absolute Gasteiger partial charge is 0.257 e. The van der Waals surface area contributed by atoms with E-state index in [-0.39, 0.29) is 5.91 Å². The summed E-state index contributed by atoms with van der Waals surface area (Å²) in [6.07, 6.45) is 4.73. The molecule has 2 heterocycles. The van der Waals surface area contributed by atoms with E-state index in [2.05, 4.69) is 20.4 Å². The van der Waals surface area contributed by atoms with Crippen LogP contribution in [0.2, 0.25) is 10.0 Å². The topological polar surface area (TPSA) is 72.7 Å². The molecular formula is C24H15Cl2N5O. The molecule has 0 saturated carbocycles. The van der Waals surface area contributed by atoms with Crippen LogP contribution < -0.4 is 5.32 Å². The van der Waals surface area contributed by atoms with Crippen LogP contribution in [-0.2, 0) is 0 Å². The molecule has 0 unspecified atom stereocenters. The molecule has 0 aliphatic carbocycles. The van der Waals surface area contributed by atoms with Gasteiger partial charge < -0.3 is 5.32 Å². The minimum atomic E-state index is -0.334. The van der Waals surface area contributed by atoms with Crippen molar-refractivity contribution in [3.8, 4) is 16.9 Å². The number of carbonyl (C=O) groups excluding carboxylic acids is 1. The molecule has 5 rings (SSSR count). The van der Waals surface area contributed by atoms with Crippen molar-refractivity contribution in [2.24, 2.45) is 0 Å². The van der Waals surface area contributed by atoms with E-state index in [1.165, 1.54) is 6.33 Å². The highest BCUT2D eigenvalue weighted by molar-refractivity contribution is 6.35. The molecule has 6 nitrogen and oxygen atoms in total. The van der Waals surface area contributed by atoms with Gasteiger partial charge in [0.15, 0.2) is 0 Å². The molecule has 0 fully saturated rings. The van der Waals surface area contributed by atoms with Crippen molar-refractivity contribution in [2.45, 2.75) is 0 Å². The first kappa shape index (κ1) is 20.2. The van der Waals surface area contributed by atoms with E-state index in [0.29, 0.717) is 27.0 Å². The van der Waals surface area contributed by atoms with E-state index < -0.39 is 0 Å². The summed E-state index contributed by atoms with van der Waals surface area (Å²) in [6, 6.07) is 20.3. The van der Waals surface area contributed by atoms with Crippen LogP contribution in [0, 0.1) is 0 Å². The average molecular weight is 460 g/mol. The van der Waals surface area contributed by atoms with E-state index in [9.17, 15) is 4.79 Å². The quantitative estimate of drug-likeness (QED) is 0.355. The van der Waals surface area contributed by atoms with Gasteiger partial charge in [0.05, 0.1) is 27.0 Å². The van der Waals surface area contributed by atoms with Gasteiger partial charge >= 0.3 is 0 Å². The Kier molecular flexibility index (Phi) is 5.31. The summed E-state index contributed by atoms with van der Waals surface area (Å²) >= 11 is 12.9. The maximum atomic E-state index is 12.9. The molecule has 2 aromatic heterocycles. The molecule has 0 atom stereocenters. The molecule has 0 aliphatic heterocycles. The van der Waals surface area contributed by atoms with Gasteiger partial charge in [0, 0.05) is 22.8 Å². The van der Waals surface area contributed by atoms with E-state index in [0.717, 1.165) is 22.0 Å². The Morgan fingerprint density at radius 3 is 2.62 bits per heavy atom. The van der Waals surface area contributed by atoms with E-state index in [4.69, 9.17) is 23.2 Å². The van der Waals surface area contributed by atoms with Crippen molar-refractivity contribution in [2.75, 3.05) is 5.32 Å². The Morgan fingerprint density at radius 2 is 1.81 bits per heavy atom. The van der Waals surface area contributed by atoms with Gasteiger partial charge in [0.25, 0.3) is 5.91 Å². The maximum Gasteiger partial charge on any atom is 0.257 e. The number of hydrogen-bond donors (Lipinski definition) is 1. The lowest BCUT2D eigenvalue weighted by Gasteiger charge is -2.12. The van der Waals surface area contributed by atoms with Gasteiger partial charge in [-0.2, -0.15) is 5.10 Å². The number of nitrogens with one attached hydrogen (secondary N) is 1. The lowest BCUT2D eigenvalue weighted by molar-refractivity contribution is 0.102. The summed E-state index contributed by atoms with van der Waals surface area (Å²) in [5, 5.41) is 9.85. The summed E-state index contributed by atoms with van der Waals surface area (Å²) in [5.41, 5.74) is 3.11. The average Bonchev–Trinajstić information content (AvgIpc) is 3.35. The maximum absolute atomic E-state index is 12.9. The van der Waals surface area contributed by atoms with Crippen LogP contribution >= 0.6 is 23.2 Å². The number of pyridine rings is 1. The Labute approximate surface area is 193 Å². The predicted octanol–water partition coefficient (Wildman–Crippen LogP) is 6.04. The zero-order chi connectivity index (χ0) is 22.1. The number of benzene rings is 3. The number of halogens is 2. The molecule has 156 valence electrons. The third-order valence-corrected chi connectivity index (χ3v) is 5.68. The zero-order valence-corrected chi connectivity index (χ0v) is 18.0. The fourth-order valence-electron chi connectivity index (χ4n) is 3.49. The lowest BCUT2D eigenvalue weighted by atomic mass is 10.0. The van der Waals surface area contributed by atoms with Gasteiger partial charge in [0.2, 0.25) is 0 Å². The number of rotatable bonds is 4. The summed E-state index contributed by atoms with van der Waals surface area (Å²) in [6.45, 7) is 0. The summed E-state index contributed by atoms with van der Waals surface area (Å²) in [5.74, 6) is -0.334. The largest absolute Gasteiger partial charge is 0.322 e. The van der Waals surface area contributed by atoms with Gasteiger partial charge in [-0.25, -0.2) is 9.67 Å². The molecule has 1 amide bonds. The highest BCUT2D eigenvalue weighted by Crippen LogP contribution is 2.34. The van der Waals surface area contributed by atoms with Crippen LogP contribution in [0.25, 0.3) is 27.7 Å². The minimum Gasteiger partial charge on any atom is -0.322 e. The number of carbonyl (C=O) groups is 1. The number of nitrogens with zero attached hydrogens (tertiary/aromatic N) is 4. The molecule has 0 bridgehead atoms. The monoisotopic (exact) mass is 459 g/mol. The number of hydrogen-bond acceptors (Lipinski definition) is 4. The van der Waals surface area contributed by atoms with E-state index >= 15 is 0 Å². The predicted molar refractivity (Wildman–Crippen MR) is 127 cm³/mol. The van der Waals surface area contributed by atoms with Gasteiger partial charge in [0.1, 0.15) is 12.7 Å². The fraction of sp³-hybridized carbons (Fsp3) is 0. The molecule has 1 N–H and O–H groups in total. The van der Waals surface area contributed by atoms with Gasteiger partial charge in [-0.05, 0) is 47.9 Å². The standard InChI is InChI=1S/C24H15Cl2N5O/c25-21-8-5-16(11-20(21)23-18-4-2-1-3-15(18)9-10-28-23)30-24(32)19-7-6-17(12-22(19)26)31-14-27-13-29-31/h1-14H,(H,30,32). The number of aromatic nitrogens is 4. The molecule has 32 heavy (non-hydrogen) atoms. The third-order valence-electron chi connectivity index (χ3n) is 5.03. The lowest BCUT2D eigenvalue weighted by Crippen LogP contribution is -2.13. The molecule has 0 saturated heterocycles. The van der Waals surface area contributed by atoms with E-state index in [1.54, 1.807) is 47.5 Å². The SMILES string of the molecule is O=C(Nc1ccc(Cl)c(-c2nccc3ccccc23)c1)c1ccc(-n2cncn2)cc1Cl. The number of fused-ring (bicyclic) bond motifs is 1. The Morgan fingerprint density at radius 1 is 0.938 bits per heavy atom. The fourth-order valence-corrected chi connectivity index (χ4v) is 3.96. The Bertz CT molecular complexity index is 1450. The first-order valence-corrected chi connectivity index (χ1v) is 10.5. The third kappa shape index (κ3) is 3.82. The Hall–Kier alpha value is -3.74. The summed E-state index contributed by atoms with van der Waals surface area (Å²) in [4.78, 5) is 21.3. The van der Waals surface area contributed by atoms with Crippen molar-refractivity contribution < 1.29 is 4.79 Å². The Balaban J connectivity index is 1.46. The van der Waals surface area contributed by atoms with Gasteiger partial charge in [-0.15, -0.1) is 0 Å². The van der Waals surface area contributed by atoms with Crippen LogP contribution in [0.3, 0.4) is 0 Å². The van der Waals surface area contributed by atoms with Crippen LogP contribution in [0.15, 0.2) is 85.6 Å². The second kappa shape index (κ2) is 8.42. The minimum absolute atomic E-state index is 0.306. The second-order valence-electron chi connectivity index (χ2n) is 7.03. The first-order chi connectivity index (χ1) is 15.6. The highest BCUT2D eigenvalue weighted by Gasteiger charge is 2.15. The molecule has 0 radical (unpaired) electrons. The normalized spacial score (nSPS) is 10.9. The highest BCUT2D eigenvalue weighted by atomic mass is 35.5. The van der Waals surface area contributed by atoms with Crippen molar-refractivity contribution in [1.29, 1.82) is 0 Å². The van der Waals surface area contributed by atoms with E-state index in [1.807, 2.05) is 36.4 Å². The zero-order valence-electron chi connectivity index (χ0n) is 16.5. The molecule has 3 aromatic carbocycles. The van der Waals surface area contributed by atoms with Crippen LogP contribution in [-0.4, -0.2) is 25.7 Å². The molecule has 5 aromatic rings. The molecule has 8 heteroatoms. The number of anilines is 1. The van der Waals surface area contributed by atoms with Gasteiger partial charge in [-0.3, -0.25) is 9.78 Å². The number of amides is 1. The van der Waals surface area contributed by atoms with Crippen LogP contribution in [0.4, 0.5) is 5.69 Å².